The molecule has 182 valence electrons. The van der Waals surface area contributed by atoms with Crippen molar-refractivity contribution in [1.29, 1.82) is 0 Å². The van der Waals surface area contributed by atoms with Gasteiger partial charge in [0.2, 0.25) is 5.91 Å². The molecule has 0 radical (unpaired) electrons. The average molecular weight is 466 g/mol. The van der Waals surface area contributed by atoms with Gasteiger partial charge in [-0.2, -0.15) is 0 Å². The maximum Gasteiger partial charge on any atom is 0.254 e. The summed E-state index contributed by atoms with van der Waals surface area (Å²) >= 11 is 0. The van der Waals surface area contributed by atoms with E-state index in [0.29, 0.717) is 23.6 Å². The molecule has 7 nitrogen and oxygen atoms in total. The van der Waals surface area contributed by atoms with Gasteiger partial charge in [-0.05, 0) is 74.4 Å². The number of anilines is 1. The average Bonchev–Trinajstić information content (AvgIpc) is 2.81. The molecule has 0 aromatic heterocycles. The van der Waals surface area contributed by atoms with Crippen molar-refractivity contribution in [2.24, 2.45) is 11.7 Å². The first-order valence-corrected chi connectivity index (χ1v) is 12.2. The van der Waals surface area contributed by atoms with E-state index < -0.39 is 0 Å². The van der Waals surface area contributed by atoms with Gasteiger partial charge in [0.1, 0.15) is 0 Å². The second kappa shape index (κ2) is 10.9. The molecule has 0 spiro atoms. The van der Waals surface area contributed by atoms with Crippen LogP contribution in [0.2, 0.25) is 0 Å². The number of nitrogens with one attached hydrogen (secondary N) is 1. The van der Waals surface area contributed by atoms with Crippen molar-refractivity contribution in [2.45, 2.75) is 63.6 Å². The summed E-state index contributed by atoms with van der Waals surface area (Å²) in [5.74, 6) is 1.27. The summed E-state index contributed by atoms with van der Waals surface area (Å²) in [5.41, 5.74) is 8.45. The predicted octanol–water partition coefficient (Wildman–Crippen LogP) is 4.35. The number of carbonyl (C=O) groups excluding carboxylic acids is 2. The van der Waals surface area contributed by atoms with Crippen molar-refractivity contribution in [2.75, 3.05) is 19.5 Å². The lowest BCUT2D eigenvalue weighted by molar-refractivity contribution is -0.122. The van der Waals surface area contributed by atoms with Crippen molar-refractivity contribution in [3.63, 3.8) is 0 Å². The quantitative estimate of drug-likeness (QED) is 0.604. The molecule has 2 fully saturated rings. The first-order valence-electron chi connectivity index (χ1n) is 12.2. The molecule has 2 aromatic rings. The highest BCUT2D eigenvalue weighted by atomic mass is 16.5. The number of carbonyl (C=O) groups is 2. The number of nitrogens with two attached hydrogens (primary N) is 1. The van der Waals surface area contributed by atoms with Gasteiger partial charge < -0.3 is 25.4 Å². The Morgan fingerprint density at radius 2 is 1.71 bits per heavy atom. The molecule has 34 heavy (non-hydrogen) atoms. The molecule has 0 heterocycles. The highest BCUT2D eigenvalue weighted by Gasteiger charge is 2.29. The van der Waals surface area contributed by atoms with Gasteiger partial charge in [0, 0.05) is 35.8 Å². The van der Waals surface area contributed by atoms with Gasteiger partial charge in [-0.1, -0.05) is 18.6 Å². The van der Waals surface area contributed by atoms with Crippen LogP contribution in [-0.4, -0.2) is 43.0 Å². The van der Waals surface area contributed by atoms with E-state index >= 15 is 0 Å². The lowest BCUT2D eigenvalue weighted by Crippen LogP contribution is -2.43. The minimum Gasteiger partial charge on any atom is -0.493 e. The van der Waals surface area contributed by atoms with Gasteiger partial charge in [-0.3, -0.25) is 9.59 Å². The largest absolute Gasteiger partial charge is 0.493 e. The molecule has 2 saturated carbocycles. The van der Waals surface area contributed by atoms with Crippen LogP contribution in [0, 0.1) is 5.92 Å². The van der Waals surface area contributed by atoms with Crippen LogP contribution < -0.4 is 20.5 Å². The molecule has 7 heteroatoms. The molecular weight excluding hydrogens is 430 g/mol. The molecule has 0 bridgehead atoms. The third-order valence-corrected chi connectivity index (χ3v) is 7.10. The number of methoxy groups -OCH3 is 2. The van der Waals surface area contributed by atoms with Gasteiger partial charge in [0.15, 0.2) is 11.5 Å². The van der Waals surface area contributed by atoms with Crippen LogP contribution in [0.15, 0.2) is 42.5 Å². The lowest BCUT2D eigenvalue weighted by atomic mass is 9.85. The summed E-state index contributed by atoms with van der Waals surface area (Å²) in [7, 11) is 3.14. The Morgan fingerprint density at radius 1 is 0.971 bits per heavy atom. The Bertz CT molecular complexity index is 1010. The van der Waals surface area contributed by atoms with Crippen LogP contribution in [0.25, 0.3) is 0 Å². The smallest absolute Gasteiger partial charge is 0.254 e. The van der Waals surface area contributed by atoms with E-state index in [2.05, 4.69) is 5.32 Å². The number of amides is 2. The Labute approximate surface area is 201 Å². The maximum absolute atomic E-state index is 13.7. The molecule has 0 saturated heterocycles. The fraction of sp³-hybridized carbons (Fsp3) is 0.481. The Kier molecular flexibility index (Phi) is 7.73. The standard InChI is InChI=1S/C27H35N3O4/c1-33-24-14-9-20(16-25(24)34-2)27(32)30(23-12-10-21(28)11-13-23)17-18-5-3-8-22(15-18)29-26(31)19-6-4-7-19/h3,5,8-9,14-16,19,21,23H,4,6-7,10-13,17,28H2,1-2H3,(H,29,31). The highest BCUT2D eigenvalue weighted by Crippen LogP contribution is 2.31. The van der Waals surface area contributed by atoms with Crippen LogP contribution in [-0.2, 0) is 11.3 Å². The molecule has 2 aliphatic rings. The molecule has 3 N–H and O–H groups in total. The van der Waals surface area contributed by atoms with Gasteiger partial charge >= 0.3 is 0 Å². The Balaban J connectivity index is 1.56. The SMILES string of the molecule is COc1ccc(C(=O)N(Cc2cccc(NC(=O)C3CCC3)c2)C2CCC(N)CC2)cc1OC. The highest BCUT2D eigenvalue weighted by molar-refractivity contribution is 5.95. The Hall–Kier alpha value is -3.06. The molecule has 0 unspecified atom stereocenters. The summed E-state index contributed by atoms with van der Waals surface area (Å²) < 4.78 is 10.7. The summed E-state index contributed by atoms with van der Waals surface area (Å²) in [6.45, 7) is 0.459. The zero-order valence-electron chi connectivity index (χ0n) is 20.1. The molecule has 0 aliphatic heterocycles. The van der Waals surface area contributed by atoms with E-state index in [1.54, 1.807) is 32.4 Å². The van der Waals surface area contributed by atoms with Gasteiger partial charge in [-0.15, -0.1) is 0 Å². The number of nitrogens with zero attached hydrogens (tertiary/aromatic N) is 1. The summed E-state index contributed by atoms with van der Waals surface area (Å²) in [4.78, 5) is 28.1. The van der Waals surface area contributed by atoms with Crippen LogP contribution in [0.1, 0.15) is 60.9 Å². The first kappa shape index (κ1) is 24.1. The van der Waals surface area contributed by atoms with Gasteiger partial charge in [0.25, 0.3) is 5.91 Å². The van der Waals surface area contributed by atoms with Crippen molar-refractivity contribution in [3.05, 3.63) is 53.6 Å². The minimum atomic E-state index is -0.0506. The second-order valence-corrected chi connectivity index (χ2v) is 9.39. The number of rotatable bonds is 8. The zero-order chi connectivity index (χ0) is 24.1. The molecular formula is C27H35N3O4. The number of hydrogen-bond donors (Lipinski definition) is 2. The normalized spacial score (nSPS) is 20.2. The number of benzene rings is 2. The van der Waals surface area contributed by atoms with Crippen molar-refractivity contribution >= 4 is 17.5 Å². The summed E-state index contributed by atoms with van der Waals surface area (Å²) in [5, 5.41) is 3.04. The Morgan fingerprint density at radius 3 is 2.35 bits per heavy atom. The third kappa shape index (κ3) is 5.53. The van der Waals surface area contributed by atoms with Crippen LogP contribution >= 0.6 is 0 Å². The van der Waals surface area contributed by atoms with Crippen molar-refractivity contribution in [3.8, 4) is 11.5 Å². The van der Waals surface area contributed by atoms with E-state index in [9.17, 15) is 9.59 Å². The van der Waals surface area contributed by atoms with E-state index in [-0.39, 0.29) is 29.8 Å². The zero-order valence-corrected chi connectivity index (χ0v) is 20.1. The van der Waals surface area contributed by atoms with E-state index in [4.69, 9.17) is 15.2 Å². The fourth-order valence-corrected chi connectivity index (χ4v) is 4.77. The monoisotopic (exact) mass is 465 g/mol. The third-order valence-electron chi connectivity index (χ3n) is 7.10. The second-order valence-electron chi connectivity index (χ2n) is 9.39. The summed E-state index contributed by atoms with van der Waals surface area (Å²) in [6, 6.07) is 13.4. The molecule has 0 atom stereocenters. The van der Waals surface area contributed by atoms with E-state index in [1.165, 1.54) is 0 Å². The fourth-order valence-electron chi connectivity index (χ4n) is 4.77. The van der Waals surface area contributed by atoms with E-state index in [1.807, 2.05) is 29.2 Å². The number of ether oxygens (including phenoxy) is 2. The molecule has 2 aromatic carbocycles. The predicted molar refractivity (Wildman–Crippen MR) is 132 cm³/mol. The summed E-state index contributed by atoms with van der Waals surface area (Å²) in [6.07, 6.45) is 6.59. The van der Waals surface area contributed by atoms with Crippen LogP contribution in [0.3, 0.4) is 0 Å². The first-order chi connectivity index (χ1) is 16.5. The van der Waals surface area contributed by atoms with Gasteiger partial charge in [-0.25, -0.2) is 0 Å². The minimum absolute atomic E-state index is 0.0506. The van der Waals surface area contributed by atoms with Crippen molar-refractivity contribution < 1.29 is 19.1 Å². The van der Waals surface area contributed by atoms with Crippen LogP contribution in [0.5, 0.6) is 11.5 Å². The molecule has 4 rings (SSSR count). The maximum atomic E-state index is 13.7. The van der Waals surface area contributed by atoms with Crippen LogP contribution in [0.4, 0.5) is 5.69 Å². The molecule has 2 aliphatic carbocycles. The topological polar surface area (TPSA) is 93.9 Å². The van der Waals surface area contributed by atoms with E-state index in [0.717, 1.165) is 56.2 Å². The molecule has 2 amide bonds. The van der Waals surface area contributed by atoms with Gasteiger partial charge in [0.05, 0.1) is 14.2 Å². The van der Waals surface area contributed by atoms with Crippen molar-refractivity contribution in [1.82, 2.24) is 4.90 Å². The number of hydrogen-bond acceptors (Lipinski definition) is 5. The lowest BCUT2D eigenvalue weighted by Gasteiger charge is -2.36.